The highest BCUT2D eigenvalue weighted by molar-refractivity contribution is 5.94. The SMILES string of the molecule is COc1ccc(-c2coc3c4c(cc(O)c3c2=O)OC(=O)CC4c2coc3ccc(OC)cc3c2=O)cc1. The van der Waals surface area contributed by atoms with Gasteiger partial charge in [-0.15, -0.1) is 0 Å². The molecule has 190 valence electrons. The molecular formula is C29H20O9. The molecule has 9 nitrogen and oxygen atoms in total. The number of benzene rings is 3. The van der Waals surface area contributed by atoms with Gasteiger partial charge in [0.05, 0.1) is 37.9 Å². The first-order valence-corrected chi connectivity index (χ1v) is 11.7. The van der Waals surface area contributed by atoms with E-state index in [0.29, 0.717) is 28.2 Å². The van der Waals surface area contributed by atoms with Crippen molar-refractivity contribution >= 4 is 27.9 Å². The molecule has 1 atom stereocenters. The number of phenols is 1. The molecule has 0 saturated heterocycles. The van der Waals surface area contributed by atoms with E-state index in [4.69, 9.17) is 23.0 Å². The van der Waals surface area contributed by atoms with Crippen molar-refractivity contribution in [2.75, 3.05) is 14.2 Å². The van der Waals surface area contributed by atoms with Gasteiger partial charge >= 0.3 is 5.97 Å². The third-order valence-corrected chi connectivity index (χ3v) is 6.75. The molecule has 0 radical (unpaired) electrons. The van der Waals surface area contributed by atoms with E-state index in [9.17, 15) is 19.5 Å². The fraction of sp³-hybridized carbons (Fsp3) is 0.138. The monoisotopic (exact) mass is 512 g/mol. The van der Waals surface area contributed by atoms with Gasteiger partial charge in [0.25, 0.3) is 0 Å². The Kier molecular flexibility index (Phi) is 5.41. The number of esters is 1. The number of ether oxygens (including phenoxy) is 3. The number of rotatable bonds is 4. The van der Waals surface area contributed by atoms with E-state index < -0.39 is 23.1 Å². The van der Waals surface area contributed by atoms with E-state index in [1.54, 1.807) is 42.5 Å². The summed E-state index contributed by atoms with van der Waals surface area (Å²) >= 11 is 0. The van der Waals surface area contributed by atoms with Crippen molar-refractivity contribution in [2.45, 2.75) is 12.3 Å². The van der Waals surface area contributed by atoms with Gasteiger partial charge in [-0.3, -0.25) is 14.4 Å². The molecular weight excluding hydrogens is 492 g/mol. The van der Waals surface area contributed by atoms with E-state index in [0.717, 1.165) is 0 Å². The van der Waals surface area contributed by atoms with E-state index in [1.165, 1.54) is 32.8 Å². The first kappa shape index (κ1) is 23.4. The van der Waals surface area contributed by atoms with Gasteiger partial charge < -0.3 is 28.2 Å². The minimum absolute atomic E-state index is 0.00161. The molecule has 9 heteroatoms. The summed E-state index contributed by atoms with van der Waals surface area (Å²) in [6.45, 7) is 0. The van der Waals surface area contributed by atoms with Crippen LogP contribution in [0.2, 0.25) is 0 Å². The Morgan fingerprint density at radius 1 is 0.868 bits per heavy atom. The van der Waals surface area contributed by atoms with Crippen molar-refractivity contribution in [1.82, 2.24) is 0 Å². The maximum atomic E-state index is 13.6. The van der Waals surface area contributed by atoms with Crippen molar-refractivity contribution < 1.29 is 32.9 Å². The predicted molar refractivity (Wildman–Crippen MR) is 137 cm³/mol. The molecule has 2 aromatic heterocycles. The third-order valence-electron chi connectivity index (χ3n) is 6.75. The molecule has 3 aromatic carbocycles. The number of methoxy groups -OCH3 is 2. The quantitative estimate of drug-likeness (QED) is 0.269. The van der Waals surface area contributed by atoms with Gasteiger partial charge in [-0.25, -0.2) is 0 Å². The first-order chi connectivity index (χ1) is 18.4. The molecule has 6 rings (SSSR count). The zero-order valence-electron chi connectivity index (χ0n) is 20.3. The largest absolute Gasteiger partial charge is 0.507 e. The van der Waals surface area contributed by atoms with Gasteiger partial charge in [-0.05, 0) is 35.9 Å². The minimum atomic E-state index is -0.851. The molecule has 1 unspecified atom stereocenters. The molecule has 0 aliphatic carbocycles. The van der Waals surface area contributed by atoms with E-state index in [1.807, 2.05) is 0 Å². The van der Waals surface area contributed by atoms with Crippen LogP contribution >= 0.6 is 0 Å². The Labute approximate surface area is 214 Å². The van der Waals surface area contributed by atoms with Crippen LogP contribution in [0.1, 0.15) is 23.5 Å². The van der Waals surface area contributed by atoms with Gasteiger partial charge in [0.2, 0.25) is 5.43 Å². The van der Waals surface area contributed by atoms with Gasteiger partial charge in [0.15, 0.2) is 5.43 Å². The fourth-order valence-electron chi connectivity index (χ4n) is 4.86. The first-order valence-electron chi connectivity index (χ1n) is 11.7. The summed E-state index contributed by atoms with van der Waals surface area (Å²) in [7, 11) is 3.03. The van der Waals surface area contributed by atoms with Crippen LogP contribution in [-0.4, -0.2) is 25.3 Å². The summed E-state index contributed by atoms with van der Waals surface area (Å²) < 4.78 is 27.5. The van der Waals surface area contributed by atoms with Crippen molar-refractivity contribution in [3.63, 3.8) is 0 Å². The number of phenolic OH excluding ortho intramolecular Hbond substituents is 1. The maximum absolute atomic E-state index is 13.6. The Morgan fingerprint density at radius 3 is 2.34 bits per heavy atom. The highest BCUT2D eigenvalue weighted by atomic mass is 16.5. The molecule has 0 amide bonds. The lowest BCUT2D eigenvalue weighted by Gasteiger charge is -2.25. The topological polar surface area (TPSA) is 125 Å². The number of carbonyl (C=O) groups excluding carboxylic acids is 1. The van der Waals surface area contributed by atoms with Crippen LogP contribution in [0.3, 0.4) is 0 Å². The second-order valence-electron chi connectivity index (χ2n) is 8.83. The number of fused-ring (bicyclic) bond motifs is 4. The zero-order valence-corrected chi connectivity index (χ0v) is 20.3. The lowest BCUT2D eigenvalue weighted by molar-refractivity contribution is -0.135. The van der Waals surface area contributed by atoms with Crippen LogP contribution in [0.15, 0.2) is 79.5 Å². The number of aromatic hydroxyl groups is 1. The fourth-order valence-corrected chi connectivity index (χ4v) is 4.86. The second kappa shape index (κ2) is 8.81. The molecule has 38 heavy (non-hydrogen) atoms. The summed E-state index contributed by atoms with van der Waals surface area (Å²) in [6, 6.07) is 12.9. The Hall–Kier alpha value is -5.05. The summed E-state index contributed by atoms with van der Waals surface area (Å²) in [5.74, 6) is -0.779. The molecule has 0 bridgehead atoms. The van der Waals surface area contributed by atoms with E-state index in [-0.39, 0.29) is 45.1 Å². The van der Waals surface area contributed by atoms with Crippen molar-refractivity contribution in [3.05, 3.63) is 92.6 Å². The maximum Gasteiger partial charge on any atom is 0.312 e. The van der Waals surface area contributed by atoms with Crippen LogP contribution in [0.5, 0.6) is 23.0 Å². The van der Waals surface area contributed by atoms with Crippen molar-refractivity contribution in [1.29, 1.82) is 0 Å². The Balaban J connectivity index is 1.59. The highest BCUT2D eigenvalue weighted by Gasteiger charge is 2.35. The number of carbonyl (C=O) groups is 1. The smallest absolute Gasteiger partial charge is 0.312 e. The van der Waals surface area contributed by atoms with Gasteiger partial charge in [-0.1, -0.05) is 12.1 Å². The van der Waals surface area contributed by atoms with Crippen LogP contribution in [0, 0.1) is 0 Å². The molecule has 5 aromatic rings. The van der Waals surface area contributed by atoms with Gasteiger partial charge in [0, 0.05) is 23.1 Å². The molecule has 0 spiro atoms. The lowest BCUT2D eigenvalue weighted by atomic mass is 9.85. The van der Waals surface area contributed by atoms with Crippen LogP contribution in [-0.2, 0) is 4.79 Å². The van der Waals surface area contributed by atoms with Crippen LogP contribution in [0.4, 0.5) is 0 Å². The Morgan fingerprint density at radius 2 is 1.61 bits per heavy atom. The number of hydrogen-bond donors (Lipinski definition) is 1. The Bertz CT molecular complexity index is 1860. The lowest BCUT2D eigenvalue weighted by Crippen LogP contribution is -2.25. The van der Waals surface area contributed by atoms with Gasteiger partial charge in [0.1, 0.15) is 45.8 Å². The minimum Gasteiger partial charge on any atom is -0.507 e. The normalized spacial score (nSPS) is 14.8. The summed E-state index contributed by atoms with van der Waals surface area (Å²) in [6.07, 6.45) is 2.39. The molecule has 3 heterocycles. The van der Waals surface area contributed by atoms with Crippen LogP contribution < -0.4 is 25.1 Å². The second-order valence-corrected chi connectivity index (χ2v) is 8.83. The molecule has 1 aliphatic heterocycles. The summed E-state index contributed by atoms with van der Waals surface area (Å²) in [5, 5.41) is 11.0. The standard InChI is InChI=1S/C29H20O9/c1-34-15-5-3-14(4-6-15)19-12-37-29-25-17(10-24(31)38-23(25)11-21(30)26(29)28(19)33)20-13-36-22-8-7-16(35-2)9-18(22)27(20)32/h3-9,11-13,17,30H,10H2,1-2H3. The summed E-state index contributed by atoms with van der Waals surface area (Å²) in [4.78, 5) is 39.6. The molecule has 0 fully saturated rings. The zero-order chi connectivity index (χ0) is 26.6. The predicted octanol–water partition coefficient (Wildman–Crippen LogP) is 4.73. The van der Waals surface area contributed by atoms with Crippen molar-refractivity contribution in [2.24, 2.45) is 0 Å². The van der Waals surface area contributed by atoms with E-state index in [2.05, 4.69) is 0 Å². The average molecular weight is 512 g/mol. The van der Waals surface area contributed by atoms with Crippen molar-refractivity contribution in [3.8, 4) is 34.1 Å². The molecule has 1 aliphatic rings. The number of hydrogen-bond acceptors (Lipinski definition) is 9. The summed E-state index contributed by atoms with van der Waals surface area (Å²) in [5.41, 5.74) is 0.775. The third kappa shape index (κ3) is 3.59. The van der Waals surface area contributed by atoms with E-state index >= 15 is 0 Å². The molecule has 1 N–H and O–H groups in total. The van der Waals surface area contributed by atoms with Crippen LogP contribution in [0.25, 0.3) is 33.1 Å². The van der Waals surface area contributed by atoms with Gasteiger partial charge in [-0.2, -0.15) is 0 Å². The molecule has 0 saturated carbocycles. The highest BCUT2D eigenvalue weighted by Crippen LogP contribution is 2.45. The average Bonchev–Trinajstić information content (AvgIpc) is 2.92.